The Bertz CT molecular complexity index is 224. The second-order valence-corrected chi connectivity index (χ2v) is 2.24. The molecule has 62 valence electrons. The van der Waals surface area contributed by atoms with Crippen LogP contribution in [0.15, 0.2) is 12.4 Å². The van der Waals surface area contributed by atoms with Crippen LogP contribution in [0.2, 0.25) is 0 Å². The van der Waals surface area contributed by atoms with E-state index in [4.69, 9.17) is 5.11 Å². The van der Waals surface area contributed by atoms with E-state index < -0.39 is 12.8 Å². The van der Waals surface area contributed by atoms with E-state index in [0.717, 1.165) is 0 Å². The van der Waals surface area contributed by atoms with E-state index in [1.807, 2.05) is 6.92 Å². The molecule has 1 aromatic rings. The number of nitrogens with zero attached hydrogens (tertiary/aromatic N) is 2. The molecule has 1 rings (SSSR count). The zero-order chi connectivity index (χ0) is 8.27. The van der Waals surface area contributed by atoms with Crippen LogP contribution in [0.25, 0.3) is 0 Å². The van der Waals surface area contributed by atoms with Crippen LogP contribution in [-0.4, -0.2) is 21.3 Å². The van der Waals surface area contributed by atoms with Gasteiger partial charge in [0.2, 0.25) is 0 Å². The number of halogens is 1. The molecule has 0 bridgehead atoms. The van der Waals surface area contributed by atoms with Gasteiger partial charge in [-0.1, -0.05) is 0 Å². The Balaban J connectivity index is 2.83. The lowest BCUT2D eigenvalue weighted by molar-refractivity contribution is 0.129. The molecule has 1 aromatic heterocycles. The monoisotopic (exact) mass is 158 g/mol. The Hall–Kier alpha value is -0.900. The first-order valence-electron chi connectivity index (χ1n) is 3.54. The van der Waals surface area contributed by atoms with Crippen molar-refractivity contribution >= 4 is 0 Å². The third-order valence-electron chi connectivity index (χ3n) is 1.53. The summed E-state index contributed by atoms with van der Waals surface area (Å²) in [6.45, 7) is 1.83. The third kappa shape index (κ3) is 1.57. The number of hydrogen-bond acceptors (Lipinski definition) is 2. The molecule has 1 heterocycles. The fraction of sp³-hybridized carbons (Fsp3) is 0.571. The molecule has 0 fully saturated rings. The summed E-state index contributed by atoms with van der Waals surface area (Å²) in [6.07, 6.45) is 2.19. The quantitative estimate of drug-likeness (QED) is 0.709. The lowest BCUT2D eigenvalue weighted by Gasteiger charge is -2.07. The van der Waals surface area contributed by atoms with Crippen molar-refractivity contribution in [3.8, 4) is 0 Å². The van der Waals surface area contributed by atoms with E-state index in [2.05, 4.69) is 4.98 Å². The highest BCUT2D eigenvalue weighted by Gasteiger charge is 2.11. The van der Waals surface area contributed by atoms with Crippen molar-refractivity contribution in [3.63, 3.8) is 0 Å². The van der Waals surface area contributed by atoms with E-state index in [9.17, 15) is 4.39 Å². The highest BCUT2D eigenvalue weighted by molar-refractivity contribution is 4.95. The topological polar surface area (TPSA) is 38.0 Å². The summed E-state index contributed by atoms with van der Waals surface area (Å²) in [6, 6.07) is 0. The van der Waals surface area contributed by atoms with Crippen LogP contribution in [0.4, 0.5) is 4.39 Å². The molecule has 1 unspecified atom stereocenters. The summed E-state index contributed by atoms with van der Waals surface area (Å²) in [5.74, 6) is 0.398. The van der Waals surface area contributed by atoms with Crippen LogP contribution in [0.3, 0.4) is 0 Å². The summed E-state index contributed by atoms with van der Waals surface area (Å²) in [5.41, 5.74) is 0. The van der Waals surface area contributed by atoms with Gasteiger partial charge >= 0.3 is 0 Å². The standard InChI is InChI=1S/C7H11FN2O/c1-2-10-4-3-9-7(10)6(11)5-8/h3-4,6,11H,2,5H2,1H3. The van der Waals surface area contributed by atoms with Crippen molar-refractivity contribution in [1.29, 1.82) is 0 Å². The summed E-state index contributed by atoms with van der Waals surface area (Å²) in [4.78, 5) is 3.83. The van der Waals surface area contributed by atoms with Crippen LogP contribution in [-0.2, 0) is 6.54 Å². The highest BCUT2D eigenvalue weighted by atomic mass is 19.1. The molecule has 0 saturated carbocycles. The SMILES string of the molecule is CCn1ccnc1C(O)CF. The van der Waals surface area contributed by atoms with E-state index in [1.165, 1.54) is 0 Å². The van der Waals surface area contributed by atoms with E-state index >= 15 is 0 Å². The molecule has 4 heteroatoms. The van der Waals surface area contributed by atoms with Gasteiger partial charge in [-0.25, -0.2) is 9.37 Å². The van der Waals surface area contributed by atoms with E-state index in [-0.39, 0.29) is 0 Å². The first-order chi connectivity index (χ1) is 5.29. The van der Waals surface area contributed by atoms with Crippen molar-refractivity contribution in [3.05, 3.63) is 18.2 Å². The van der Waals surface area contributed by atoms with Crippen molar-refractivity contribution in [1.82, 2.24) is 9.55 Å². The molecule has 11 heavy (non-hydrogen) atoms. The molecule has 3 nitrogen and oxygen atoms in total. The zero-order valence-electron chi connectivity index (χ0n) is 6.37. The van der Waals surface area contributed by atoms with Gasteiger partial charge in [0.1, 0.15) is 18.6 Å². The second-order valence-electron chi connectivity index (χ2n) is 2.24. The maximum absolute atomic E-state index is 12.0. The van der Waals surface area contributed by atoms with Gasteiger partial charge < -0.3 is 9.67 Å². The predicted molar refractivity (Wildman–Crippen MR) is 38.8 cm³/mol. The molecular weight excluding hydrogens is 147 g/mol. The van der Waals surface area contributed by atoms with Gasteiger partial charge in [-0.05, 0) is 6.92 Å². The number of aryl methyl sites for hydroxylation is 1. The summed E-state index contributed by atoms with van der Waals surface area (Å²) < 4.78 is 13.7. The van der Waals surface area contributed by atoms with Crippen LogP contribution >= 0.6 is 0 Å². The molecule has 1 atom stereocenters. The maximum Gasteiger partial charge on any atom is 0.140 e. The van der Waals surface area contributed by atoms with Crippen LogP contribution in [0.1, 0.15) is 18.9 Å². The van der Waals surface area contributed by atoms with Crippen molar-refractivity contribution in [2.75, 3.05) is 6.67 Å². The Morgan fingerprint density at radius 3 is 3.09 bits per heavy atom. The Kier molecular flexibility index (Phi) is 2.59. The van der Waals surface area contributed by atoms with Gasteiger partial charge in [0.25, 0.3) is 0 Å². The van der Waals surface area contributed by atoms with Crippen molar-refractivity contribution < 1.29 is 9.50 Å². The average Bonchev–Trinajstić information content (AvgIpc) is 2.50. The number of aromatic nitrogens is 2. The zero-order valence-corrected chi connectivity index (χ0v) is 6.37. The fourth-order valence-corrected chi connectivity index (χ4v) is 0.955. The van der Waals surface area contributed by atoms with Crippen molar-refractivity contribution in [2.24, 2.45) is 0 Å². The fourth-order valence-electron chi connectivity index (χ4n) is 0.955. The number of hydrogen-bond donors (Lipinski definition) is 1. The summed E-state index contributed by atoms with van der Waals surface area (Å²) >= 11 is 0. The molecule has 1 N–H and O–H groups in total. The van der Waals surface area contributed by atoms with Gasteiger partial charge in [-0.3, -0.25) is 0 Å². The van der Waals surface area contributed by atoms with Gasteiger partial charge in [0.05, 0.1) is 0 Å². The molecule has 0 amide bonds. The van der Waals surface area contributed by atoms with E-state index in [0.29, 0.717) is 12.4 Å². The summed E-state index contributed by atoms with van der Waals surface area (Å²) in [7, 11) is 0. The minimum absolute atomic E-state index is 0.398. The molecule has 0 radical (unpaired) electrons. The van der Waals surface area contributed by atoms with Gasteiger partial charge in [-0.15, -0.1) is 0 Å². The van der Waals surface area contributed by atoms with E-state index in [1.54, 1.807) is 17.0 Å². The van der Waals surface area contributed by atoms with Gasteiger partial charge in [-0.2, -0.15) is 0 Å². The van der Waals surface area contributed by atoms with Crippen molar-refractivity contribution in [2.45, 2.75) is 19.6 Å². The minimum atomic E-state index is -1.08. The summed E-state index contributed by atoms with van der Waals surface area (Å²) in [5, 5.41) is 9.07. The molecule has 0 saturated heterocycles. The molecule has 0 aliphatic heterocycles. The first kappa shape index (κ1) is 8.20. The van der Waals surface area contributed by atoms with Crippen LogP contribution < -0.4 is 0 Å². The number of aliphatic hydroxyl groups excluding tert-OH is 1. The molecule has 0 aromatic carbocycles. The Morgan fingerprint density at radius 1 is 1.82 bits per heavy atom. The normalized spacial score (nSPS) is 13.4. The molecule has 0 aliphatic rings. The molecular formula is C7H11FN2O. The highest BCUT2D eigenvalue weighted by Crippen LogP contribution is 2.10. The maximum atomic E-state index is 12.0. The average molecular weight is 158 g/mol. The van der Waals surface area contributed by atoms with Crippen LogP contribution in [0.5, 0.6) is 0 Å². The van der Waals surface area contributed by atoms with Gasteiger partial charge in [0, 0.05) is 18.9 Å². The number of rotatable bonds is 3. The minimum Gasteiger partial charge on any atom is -0.382 e. The third-order valence-corrected chi connectivity index (χ3v) is 1.53. The smallest absolute Gasteiger partial charge is 0.140 e. The number of aliphatic hydroxyl groups is 1. The number of imidazole rings is 1. The predicted octanol–water partition coefficient (Wildman–Crippen LogP) is 0.906. The Morgan fingerprint density at radius 2 is 2.55 bits per heavy atom. The molecule has 0 spiro atoms. The molecule has 0 aliphatic carbocycles. The van der Waals surface area contributed by atoms with Gasteiger partial charge in [0.15, 0.2) is 0 Å². The lowest BCUT2D eigenvalue weighted by atomic mass is 10.3. The first-order valence-corrected chi connectivity index (χ1v) is 3.54. The number of alkyl halides is 1. The second kappa shape index (κ2) is 3.48. The Labute approximate surface area is 64.5 Å². The van der Waals surface area contributed by atoms with Crippen LogP contribution in [0, 0.1) is 0 Å². The largest absolute Gasteiger partial charge is 0.382 e. The lowest BCUT2D eigenvalue weighted by Crippen LogP contribution is -2.08.